The molecule has 112 valence electrons. The van der Waals surface area contributed by atoms with Gasteiger partial charge in [-0.05, 0) is 34.6 Å². The van der Waals surface area contributed by atoms with Crippen LogP contribution in [0.2, 0.25) is 0 Å². The Morgan fingerprint density at radius 2 is 1.29 bits per heavy atom. The molecule has 0 fully saturated rings. The van der Waals surface area contributed by atoms with Gasteiger partial charge in [-0.1, -0.05) is 29.8 Å². The van der Waals surface area contributed by atoms with Gasteiger partial charge in [0.1, 0.15) is 0 Å². The van der Waals surface area contributed by atoms with Crippen LogP contribution in [0.5, 0.6) is 11.8 Å². The van der Waals surface area contributed by atoms with Crippen molar-refractivity contribution in [1.82, 2.24) is 9.97 Å². The van der Waals surface area contributed by atoms with E-state index in [0.717, 1.165) is 5.56 Å². The summed E-state index contributed by atoms with van der Waals surface area (Å²) >= 11 is 0. The number of nitrogens with zero attached hydrogens (tertiary/aromatic N) is 2. The molecule has 21 heavy (non-hydrogen) atoms. The quantitative estimate of drug-likeness (QED) is 0.832. The molecule has 0 radical (unpaired) electrons. The molecule has 4 heteroatoms. The highest BCUT2D eigenvalue weighted by Crippen LogP contribution is 2.24. The fourth-order valence-electron chi connectivity index (χ4n) is 1.84. The van der Waals surface area contributed by atoms with Crippen molar-refractivity contribution in [3.05, 3.63) is 35.9 Å². The molecule has 0 amide bonds. The molecule has 0 atom stereocenters. The van der Waals surface area contributed by atoms with Crippen LogP contribution < -0.4 is 9.47 Å². The van der Waals surface area contributed by atoms with Crippen molar-refractivity contribution in [2.24, 2.45) is 0 Å². The summed E-state index contributed by atoms with van der Waals surface area (Å²) in [4.78, 5) is 8.93. The van der Waals surface area contributed by atoms with Crippen molar-refractivity contribution in [3.63, 3.8) is 0 Å². The van der Waals surface area contributed by atoms with Crippen LogP contribution in [-0.2, 0) is 0 Å². The predicted molar refractivity (Wildman–Crippen MR) is 83.7 cm³/mol. The van der Waals surface area contributed by atoms with Crippen molar-refractivity contribution < 1.29 is 9.47 Å². The Balaban J connectivity index is 2.40. The molecule has 0 saturated carbocycles. The van der Waals surface area contributed by atoms with Crippen molar-refractivity contribution in [2.45, 2.75) is 46.8 Å². The number of hydrogen-bond donors (Lipinski definition) is 0. The molecule has 0 aliphatic rings. The Hall–Kier alpha value is -2.10. The summed E-state index contributed by atoms with van der Waals surface area (Å²) in [6, 6.07) is 9.82. The number of benzene rings is 1. The number of ether oxygens (including phenoxy) is 2. The van der Waals surface area contributed by atoms with Crippen LogP contribution in [0.1, 0.15) is 33.3 Å². The van der Waals surface area contributed by atoms with Gasteiger partial charge in [-0.25, -0.2) is 0 Å². The molecule has 0 spiro atoms. The third kappa shape index (κ3) is 4.45. The molecule has 1 aromatic heterocycles. The second-order valence-electron chi connectivity index (χ2n) is 5.57. The number of aromatic nitrogens is 2. The Labute approximate surface area is 126 Å². The summed E-state index contributed by atoms with van der Waals surface area (Å²) in [5, 5.41) is 0. The Bertz CT molecular complexity index is 564. The highest BCUT2D eigenvalue weighted by molar-refractivity contribution is 5.56. The topological polar surface area (TPSA) is 44.2 Å². The highest BCUT2D eigenvalue weighted by atomic mass is 16.5. The van der Waals surface area contributed by atoms with E-state index >= 15 is 0 Å². The van der Waals surface area contributed by atoms with Crippen LogP contribution in [-0.4, -0.2) is 22.2 Å². The molecule has 0 unspecified atom stereocenters. The molecule has 0 saturated heterocycles. The third-order valence-electron chi connectivity index (χ3n) is 2.70. The first-order valence-corrected chi connectivity index (χ1v) is 7.23. The fraction of sp³-hybridized carbons (Fsp3) is 0.412. The summed E-state index contributed by atoms with van der Waals surface area (Å²) in [5.74, 6) is 1.68. The van der Waals surface area contributed by atoms with Crippen LogP contribution in [0.3, 0.4) is 0 Å². The normalized spacial score (nSPS) is 11.0. The summed E-state index contributed by atoms with van der Waals surface area (Å²) in [6.07, 6.45) is 0.107. The maximum absolute atomic E-state index is 5.69. The van der Waals surface area contributed by atoms with E-state index in [9.17, 15) is 0 Å². The average molecular weight is 286 g/mol. The molecule has 0 N–H and O–H groups in total. The number of rotatable bonds is 5. The minimum atomic E-state index is 0.0534. The molecule has 2 rings (SSSR count). The molecule has 0 bridgehead atoms. The number of aryl methyl sites for hydroxylation is 1. The van der Waals surface area contributed by atoms with Gasteiger partial charge in [0.15, 0.2) is 5.82 Å². The van der Waals surface area contributed by atoms with Crippen LogP contribution in [0.4, 0.5) is 0 Å². The SMILES string of the molecule is Cc1ccc(-c2nc(OC(C)C)cc(OC(C)C)n2)cc1. The zero-order valence-electron chi connectivity index (χ0n) is 13.3. The lowest BCUT2D eigenvalue weighted by Crippen LogP contribution is -2.11. The van der Waals surface area contributed by atoms with E-state index in [0.29, 0.717) is 17.6 Å². The Morgan fingerprint density at radius 3 is 1.71 bits per heavy atom. The fourth-order valence-corrected chi connectivity index (χ4v) is 1.84. The minimum Gasteiger partial charge on any atom is -0.475 e. The smallest absolute Gasteiger partial charge is 0.221 e. The lowest BCUT2D eigenvalue weighted by atomic mass is 10.1. The zero-order chi connectivity index (χ0) is 15.4. The van der Waals surface area contributed by atoms with Gasteiger partial charge in [-0.2, -0.15) is 9.97 Å². The largest absolute Gasteiger partial charge is 0.475 e. The van der Waals surface area contributed by atoms with E-state index in [2.05, 4.69) is 16.9 Å². The maximum atomic E-state index is 5.69. The third-order valence-corrected chi connectivity index (χ3v) is 2.70. The molecule has 4 nitrogen and oxygen atoms in total. The van der Waals surface area contributed by atoms with Crippen LogP contribution in [0, 0.1) is 6.92 Å². The second kappa shape index (κ2) is 6.57. The van der Waals surface area contributed by atoms with Gasteiger partial charge in [0.05, 0.1) is 18.3 Å². The highest BCUT2D eigenvalue weighted by Gasteiger charge is 2.11. The molecule has 1 heterocycles. The summed E-state index contributed by atoms with van der Waals surface area (Å²) < 4.78 is 11.4. The minimum absolute atomic E-state index is 0.0534. The Morgan fingerprint density at radius 1 is 0.810 bits per heavy atom. The van der Waals surface area contributed by atoms with Gasteiger partial charge < -0.3 is 9.47 Å². The van der Waals surface area contributed by atoms with Crippen LogP contribution >= 0.6 is 0 Å². The monoisotopic (exact) mass is 286 g/mol. The lowest BCUT2D eigenvalue weighted by Gasteiger charge is -2.14. The van der Waals surface area contributed by atoms with E-state index in [4.69, 9.17) is 9.47 Å². The first-order valence-electron chi connectivity index (χ1n) is 7.23. The Kier molecular flexibility index (Phi) is 4.78. The summed E-state index contributed by atoms with van der Waals surface area (Å²) in [6.45, 7) is 9.93. The van der Waals surface area contributed by atoms with Crippen LogP contribution in [0.15, 0.2) is 30.3 Å². The van der Waals surface area contributed by atoms with Gasteiger partial charge in [0.2, 0.25) is 11.8 Å². The number of hydrogen-bond acceptors (Lipinski definition) is 4. The first-order chi connectivity index (χ1) is 9.94. The van der Waals surface area contributed by atoms with Crippen molar-refractivity contribution in [2.75, 3.05) is 0 Å². The predicted octanol–water partition coefficient (Wildman–Crippen LogP) is 4.03. The summed E-state index contributed by atoms with van der Waals surface area (Å²) in [5.41, 5.74) is 2.15. The lowest BCUT2D eigenvalue weighted by molar-refractivity contribution is 0.216. The second-order valence-corrected chi connectivity index (χ2v) is 5.57. The average Bonchev–Trinajstić information content (AvgIpc) is 2.37. The standard InChI is InChI=1S/C17H22N2O2/c1-11(2)20-15-10-16(21-12(3)4)19-17(18-15)14-8-6-13(5)7-9-14/h6-12H,1-5H3. The van der Waals surface area contributed by atoms with E-state index < -0.39 is 0 Å². The van der Waals surface area contributed by atoms with Crippen LogP contribution in [0.25, 0.3) is 11.4 Å². The molecular formula is C17H22N2O2. The van der Waals surface area contributed by atoms with E-state index in [1.54, 1.807) is 6.07 Å². The van der Waals surface area contributed by atoms with Gasteiger partial charge >= 0.3 is 0 Å². The first kappa shape index (κ1) is 15.3. The molecule has 1 aromatic carbocycles. The van der Waals surface area contributed by atoms with Crippen molar-refractivity contribution in [3.8, 4) is 23.1 Å². The van der Waals surface area contributed by atoms with Gasteiger partial charge in [0, 0.05) is 5.56 Å². The zero-order valence-corrected chi connectivity index (χ0v) is 13.3. The van der Waals surface area contributed by atoms with Gasteiger partial charge in [-0.3, -0.25) is 0 Å². The maximum Gasteiger partial charge on any atom is 0.221 e. The van der Waals surface area contributed by atoms with Gasteiger partial charge in [0.25, 0.3) is 0 Å². The molecule has 0 aliphatic carbocycles. The van der Waals surface area contributed by atoms with Crippen molar-refractivity contribution in [1.29, 1.82) is 0 Å². The molecule has 0 aliphatic heterocycles. The summed E-state index contributed by atoms with van der Waals surface area (Å²) in [7, 11) is 0. The molecular weight excluding hydrogens is 264 g/mol. The van der Waals surface area contributed by atoms with E-state index in [-0.39, 0.29) is 12.2 Å². The van der Waals surface area contributed by atoms with E-state index in [1.807, 2.05) is 52.0 Å². The van der Waals surface area contributed by atoms with Crippen molar-refractivity contribution >= 4 is 0 Å². The van der Waals surface area contributed by atoms with E-state index in [1.165, 1.54) is 5.56 Å². The van der Waals surface area contributed by atoms with Gasteiger partial charge in [-0.15, -0.1) is 0 Å². The molecule has 2 aromatic rings.